The lowest BCUT2D eigenvalue weighted by atomic mass is 10.1. The number of nitrogens with zero attached hydrogens (tertiary/aromatic N) is 1. The van der Waals surface area contributed by atoms with Gasteiger partial charge in [-0.15, -0.1) is 0 Å². The van der Waals surface area contributed by atoms with Gasteiger partial charge in [0.05, 0.1) is 12.2 Å². The van der Waals surface area contributed by atoms with Crippen molar-refractivity contribution < 1.29 is 22.4 Å². The number of furan rings is 1. The van der Waals surface area contributed by atoms with Gasteiger partial charge in [0, 0.05) is 24.3 Å². The van der Waals surface area contributed by atoms with Crippen molar-refractivity contribution in [1.82, 2.24) is 4.31 Å². The predicted octanol–water partition coefficient (Wildman–Crippen LogP) is 3.89. The molecule has 0 radical (unpaired) electrons. The summed E-state index contributed by atoms with van der Waals surface area (Å²) >= 11 is 0. The van der Waals surface area contributed by atoms with Gasteiger partial charge in [0.25, 0.3) is 5.91 Å². The fourth-order valence-electron chi connectivity index (χ4n) is 3.09. The van der Waals surface area contributed by atoms with Crippen LogP contribution in [0.5, 0.6) is 5.75 Å². The zero-order chi connectivity index (χ0) is 21.1. The van der Waals surface area contributed by atoms with Crippen molar-refractivity contribution in [3.8, 4) is 5.75 Å². The number of carbonyl (C=O) groups is 1. The fourth-order valence-corrected chi connectivity index (χ4v) is 4.70. The molecule has 0 atom stereocenters. The Bertz CT molecular complexity index is 959. The van der Waals surface area contributed by atoms with Gasteiger partial charge in [-0.05, 0) is 45.9 Å². The summed E-state index contributed by atoms with van der Waals surface area (Å²) in [6, 6.07) is 4.63. The lowest BCUT2D eigenvalue weighted by Gasteiger charge is -2.21. The van der Waals surface area contributed by atoms with Gasteiger partial charge in [-0.25, -0.2) is 8.42 Å². The second-order valence-corrected chi connectivity index (χ2v) is 8.26. The smallest absolute Gasteiger partial charge is 0.259 e. The van der Waals surface area contributed by atoms with Crippen LogP contribution in [0.1, 0.15) is 48.2 Å². The van der Waals surface area contributed by atoms with Crippen LogP contribution in [-0.2, 0) is 10.0 Å². The molecule has 0 spiro atoms. The SMILES string of the molecule is CCOc1ccc(NC(=O)c2c(C)oc(C)c2C)cc1S(=O)(=O)N(CC)CC. The van der Waals surface area contributed by atoms with Crippen LogP contribution in [-0.4, -0.2) is 38.3 Å². The first-order valence-corrected chi connectivity index (χ1v) is 10.8. The van der Waals surface area contributed by atoms with Gasteiger partial charge in [-0.2, -0.15) is 4.31 Å². The fraction of sp³-hybridized carbons (Fsp3) is 0.450. The molecule has 8 heteroatoms. The summed E-state index contributed by atoms with van der Waals surface area (Å²) in [5, 5.41) is 2.77. The minimum absolute atomic E-state index is 0.0349. The molecule has 7 nitrogen and oxygen atoms in total. The third kappa shape index (κ3) is 4.23. The van der Waals surface area contributed by atoms with Crippen LogP contribution in [0.15, 0.2) is 27.5 Å². The van der Waals surface area contributed by atoms with Gasteiger partial charge in [0.2, 0.25) is 10.0 Å². The van der Waals surface area contributed by atoms with E-state index in [1.807, 2.05) is 6.92 Å². The molecule has 2 aromatic rings. The van der Waals surface area contributed by atoms with E-state index in [1.54, 1.807) is 46.8 Å². The third-order valence-corrected chi connectivity index (χ3v) is 6.68. The second-order valence-electron chi connectivity index (χ2n) is 6.35. The molecule has 154 valence electrons. The van der Waals surface area contributed by atoms with E-state index in [9.17, 15) is 13.2 Å². The van der Waals surface area contributed by atoms with Crippen LogP contribution in [0.2, 0.25) is 0 Å². The Labute approximate surface area is 166 Å². The number of carbonyl (C=O) groups excluding carboxylic acids is 1. The highest BCUT2D eigenvalue weighted by molar-refractivity contribution is 7.89. The first-order valence-electron chi connectivity index (χ1n) is 9.32. The Morgan fingerprint density at radius 3 is 2.25 bits per heavy atom. The maximum atomic E-state index is 13.0. The Balaban J connectivity index is 2.46. The van der Waals surface area contributed by atoms with E-state index in [2.05, 4.69) is 5.32 Å². The van der Waals surface area contributed by atoms with Gasteiger partial charge in [-0.3, -0.25) is 4.79 Å². The Morgan fingerprint density at radius 1 is 1.11 bits per heavy atom. The van der Waals surface area contributed by atoms with Crippen molar-refractivity contribution in [3.63, 3.8) is 0 Å². The van der Waals surface area contributed by atoms with E-state index >= 15 is 0 Å². The molecule has 1 N–H and O–H groups in total. The summed E-state index contributed by atoms with van der Waals surface area (Å²) in [5.41, 5.74) is 1.59. The average Bonchev–Trinajstić information content (AvgIpc) is 2.89. The van der Waals surface area contributed by atoms with Crippen molar-refractivity contribution in [2.45, 2.75) is 46.4 Å². The highest BCUT2D eigenvalue weighted by Gasteiger charge is 2.27. The monoisotopic (exact) mass is 408 g/mol. The summed E-state index contributed by atoms with van der Waals surface area (Å²) < 4.78 is 38.4. The zero-order valence-corrected chi connectivity index (χ0v) is 18.1. The molecule has 0 unspecified atom stereocenters. The van der Waals surface area contributed by atoms with Crippen LogP contribution >= 0.6 is 0 Å². The number of sulfonamides is 1. The molecule has 1 aromatic carbocycles. The maximum absolute atomic E-state index is 13.0. The number of anilines is 1. The minimum atomic E-state index is -3.75. The topological polar surface area (TPSA) is 88.8 Å². The molecule has 0 saturated carbocycles. The zero-order valence-electron chi connectivity index (χ0n) is 17.3. The van der Waals surface area contributed by atoms with Crippen LogP contribution in [0, 0.1) is 20.8 Å². The molecule has 0 bridgehead atoms. The quantitative estimate of drug-likeness (QED) is 0.716. The Hall–Kier alpha value is -2.32. The molecule has 0 fully saturated rings. The van der Waals surface area contributed by atoms with E-state index in [-0.39, 0.29) is 16.6 Å². The third-order valence-electron chi connectivity index (χ3n) is 4.61. The Kier molecular flexibility index (Phi) is 6.90. The number of aryl methyl sites for hydroxylation is 2. The Morgan fingerprint density at radius 2 is 1.75 bits per heavy atom. The molecule has 1 aromatic heterocycles. The molecule has 2 rings (SSSR count). The molecule has 0 saturated heterocycles. The van der Waals surface area contributed by atoms with E-state index in [4.69, 9.17) is 9.15 Å². The van der Waals surface area contributed by atoms with Crippen molar-refractivity contribution >= 4 is 21.6 Å². The van der Waals surface area contributed by atoms with Crippen LogP contribution in [0.25, 0.3) is 0 Å². The predicted molar refractivity (Wildman–Crippen MR) is 109 cm³/mol. The summed E-state index contributed by atoms with van der Waals surface area (Å²) in [7, 11) is -3.75. The van der Waals surface area contributed by atoms with Crippen LogP contribution in [0.4, 0.5) is 5.69 Å². The van der Waals surface area contributed by atoms with Crippen molar-refractivity contribution in [1.29, 1.82) is 0 Å². The summed E-state index contributed by atoms with van der Waals surface area (Å²) in [5.74, 6) is 1.12. The highest BCUT2D eigenvalue weighted by Crippen LogP contribution is 2.31. The highest BCUT2D eigenvalue weighted by atomic mass is 32.2. The molecule has 1 amide bonds. The largest absolute Gasteiger partial charge is 0.492 e. The first kappa shape index (κ1) is 22.0. The van der Waals surface area contributed by atoms with Gasteiger partial charge in [0.1, 0.15) is 22.2 Å². The normalized spacial score (nSPS) is 11.7. The number of benzene rings is 1. The summed E-state index contributed by atoms with van der Waals surface area (Å²) in [4.78, 5) is 12.8. The second kappa shape index (κ2) is 8.79. The molecular formula is C20H28N2O5S. The standard InChI is InChI=1S/C20H28N2O5S/c1-7-22(8-2)28(24,25)18-12-16(10-11-17(18)26-9-3)21-20(23)19-13(4)14(5)27-15(19)6/h10-12H,7-9H2,1-6H3,(H,21,23). The number of rotatable bonds is 8. The molecule has 0 aliphatic heterocycles. The summed E-state index contributed by atoms with van der Waals surface area (Å²) in [6.07, 6.45) is 0. The van der Waals surface area contributed by atoms with Gasteiger partial charge >= 0.3 is 0 Å². The number of hydrogen-bond donors (Lipinski definition) is 1. The lowest BCUT2D eigenvalue weighted by molar-refractivity contribution is 0.102. The van der Waals surface area contributed by atoms with E-state index in [1.165, 1.54) is 10.4 Å². The van der Waals surface area contributed by atoms with Crippen molar-refractivity contribution in [2.24, 2.45) is 0 Å². The molecule has 28 heavy (non-hydrogen) atoms. The minimum Gasteiger partial charge on any atom is -0.492 e. The van der Waals surface area contributed by atoms with E-state index in [0.717, 1.165) is 5.56 Å². The van der Waals surface area contributed by atoms with Crippen molar-refractivity contribution in [3.05, 3.63) is 40.8 Å². The molecule has 0 aliphatic rings. The number of amides is 1. The number of ether oxygens (including phenoxy) is 1. The number of hydrogen-bond acceptors (Lipinski definition) is 5. The van der Waals surface area contributed by atoms with Crippen LogP contribution < -0.4 is 10.1 Å². The first-order chi connectivity index (χ1) is 13.2. The van der Waals surface area contributed by atoms with Gasteiger partial charge < -0.3 is 14.5 Å². The molecular weight excluding hydrogens is 380 g/mol. The van der Waals surface area contributed by atoms with E-state index < -0.39 is 10.0 Å². The number of nitrogens with one attached hydrogen (secondary N) is 1. The maximum Gasteiger partial charge on any atom is 0.259 e. The van der Waals surface area contributed by atoms with Gasteiger partial charge in [-0.1, -0.05) is 13.8 Å². The van der Waals surface area contributed by atoms with E-state index in [0.29, 0.717) is 42.5 Å². The molecule has 1 heterocycles. The van der Waals surface area contributed by atoms with Crippen molar-refractivity contribution in [2.75, 3.05) is 25.0 Å². The van der Waals surface area contributed by atoms with Gasteiger partial charge in [0.15, 0.2) is 0 Å². The average molecular weight is 409 g/mol. The lowest BCUT2D eigenvalue weighted by Crippen LogP contribution is -2.31. The van der Waals surface area contributed by atoms with Crippen LogP contribution in [0.3, 0.4) is 0 Å². The summed E-state index contributed by atoms with van der Waals surface area (Å²) in [6.45, 7) is 11.7. The molecule has 0 aliphatic carbocycles.